The van der Waals surface area contributed by atoms with Crippen LogP contribution in [0.25, 0.3) is 38.6 Å². The summed E-state index contributed by atoms with van der Waals surface area (Å²) in [5.41, 5.74) is 20.7. The van der Waals surface area contributed by atoms with E-state index in [-0.39, 0.29) is 17.7 Å². The van der Waals surface area contributed by atoms with E-state index in [0.29, 0.717) is 0 Å². The molecule has 2 nitrogen and oxygen atoms in total. The highest BCUT2D eigenvalue weighted by atomic mass is 15.1. The van der Waals surface area contributed by atoms with Gasteiger partial charge in [0.05, 0.1) is 16.4 Å². The van der Waals surface area contributed by atoms with Gasteiger partial charge in [-0.3, -0.25) is 0 Å². The molecule has 0 bridgehead atoms. The van der Waals surface area contributed by atoms with Crippen LogP contribution in [0.4, 0.5) is 11.4 Å². The van der Waals surface area contributed by atoms with Crippen LogP contribution in [0.2, 0.25) is 0 Å². The predicted molar refractivity (Wildman–Crippen MR) is 234 cm³/mol. The molecule has 4 heterocycles. The lowest BCUT2D eigenvalue weighted by Gasteiger charge is -2.52. The second-order valence-corrected chi connectivity index (χ2v) is 18.2. The average Bonchev–Trinajstić information content (AvgIpc) is 3.52. The van der Waals surface area contributed by atoms with Crippen molar-refractivity contribution in [2.24, 2.45) is 0 Å². The van der Waals surface area contributed by atoms with E-state index >= 15 is 0 Å². The molecule has 11 rings (SSSR count). The van der Waals surface area contributed by atoms with Crippen molar-refractivity contribution in [1.82, 2.24) is 4.57 Å². The standard InChI is InChI=1S/C52H45BN2/c1-32-27-39-37-21-16-23-42-48(37)55(45-24-15-14-22-41(45)52(42,33-17-10-8-11-18-33)34-19-12-9-13-20-34)53-43-31-36(51(5,6)7)30-40-38-29-35(50(2,3)4)25-26-44(38)54(49(40)43)46(28-32)47(39)53/h8-31H,1-7H3. The van der Waals surface area contributed by atoms with Crippen LogP contribution in [0.5, 0.6) is 0 Å². The molecule has 0 aliphatic carbocycles. The lowest BCUT2D eigenvalue weighted by molar-refractivity contribution is 0.590. The van der Waals surface area contributed by atoms with Crippen molar-refractivity contribution in [3.05, 3.63) is 185 Å². The van der Waals surface area contributed by atoms with Crippen molar-refractivity contribution in [2.45, 2.75) is 64.7 Å². The molecule has 0 radical (unpaired) electrons. The first-order valence-electron chi connectivity index (χ1n) is 19.9. The third kappa shape index (κ3) is 4.22. The maximum Gasteiger partial charge on any atom is 0.333 e. The zero-order valence-electron chi connectivity index (χ0n) is 32.8. The third-order valence-electron chi connectivity index (χ3n) is 12.9. The summed E-state index contributed by atoms with van der Waals surface area (Å²) in [5, 5.41) is 2.69. The van der Waals surface area contributed by atoms with Crippen LogP contribution in [0.3, 0.4) is 0 Å². The van der Waals surface area contributed by atoms with E-state index in [9.17, 15) is 0 Å². The minimum Gasteiger partial charge on any atom is -0.376 e. The first kappa shape index (κ1) is 32.6. The first-order chi connectivity index (χ1) is 26.5. The predicted octanol–water partition coefficient (Wildman–Crippen LogP) is 11.6. The van der Waals surface area contributed by atoms with Gasteiger partial charge in [-0.05, 0) is 104 Å². The van der Waals surface area contributed by atoms with E-state index < -0.39 is 5.41 Å². The van der Waals surface area contributed by atoms with Crippen LogP contribution in [0.15, 0.2) is 146 Å². The molecule has 3 aliphatic rings. The first-order valence-corrected chi connectivity index (χ1v) is 19.9. The number of aromatic nitrogens is 1. The van der Waals surface area contributed by atoms with Crippen molar-refractivity contribution < 1.29 is 0 Å². The van der Waals surface area contributed by atoms with Gasteiger partial charge in [-0.25, -0.2) is 0 Å². The maximum absolute atomic E-state index is 2.74. The summed E-state index contributed by atoms with van der Waals surface area (Å²) < 4.78 is 2.62. The van der Waals surface area contributed by atoms with Gasteiger partial charge >= 0.3 is 6.85 Å². The molecule has 0 unspecified atom stereocenters. The van der Waals surface area contributed by atoms with Crippen molar-refractivity contribution in [1.29, 1.82) is 0 Å². The van der Waals surface area contributed by atoms with Gasteiger partial charge in [0.15, 0.2) is 0 Å². The van der Waals surface area contributed by atoms with Crippen LogP contribution in [-0.2, 0) is 16.2 Å². The van der Waals surface area contributed by atoms with E-state index in [0.717, 1.165) is 0 Å². The molecule has 0 fully saturated rings. The Bertz CT molecular complexity index is 2860. The molecule has 0 saturated heterocycles. The van der Waals surface area contributed by atoms with Crippen LogP contribution in [0, 0.1) is 6.92 Å². The van der Waals surface area contributed by atoms with E-state index in [4.69, 9.17) is 0 Å². The summed E-state index contributed by atoms with van der Waals surface area (Å²) in [7, 11) is 0. The Kier molecular flexibility index (Phi) is 6.47. The van der Waals surface area contributed by atoms with Gasteiger partial charge in [0.25, 0.3) is 0 Å². The highest BCUT2D eigenvalue weighted by Crippen LogP contribution is 2.59. The summed E-state index contributed by atoms with van der Waals surface area (Å²) in [6.45, 7) is 16.3. The van der Waals surface area contributed by atoms with Crippen molar-refractivity contribution >= 4 is 51.0 Å². The molecular weight excluding hydrogens is 663 g/mol. The summed E-state index contributed by atoms with van der Waals surface area (Å²) >= 11 is 0. The lowest BCUT2D eigenvalue weighted by atomic mass is 9.42. The fourth-order valence-corrected chi connectivity index (χ4v) is 10.5. The van der Waals surface area contributed by atoms with E-state index in [1.165, 1.54) is 99.9 Å². The van der Waals surface area contributed by atoms with Gasteiger partial charge in [-0.2, -0.15) is 0 Å². The minimum atomic E-state index is -0.513. The minimum absolute atomic E-state index is 0.0198. The van der Waals surface area contributed by atoms with E-state index in [1.54, 1.807) is 0 Å². The highest BCUT2D eigenvalue weighted by Gasteiger charge is 2.53. The number of hydrogen-bond donors (Lipinski definition) is 0. The third-order valence-corrected chi connectivity index (χ3v) is 12.9. The molecule has 0 atom stereocenters. The Morgan fingerprint density at radius 2 is 1.16 bits per heavy atom. The molecular formula is C52H45BN2. The fourth-order valence-electron chi connectivity index (χ4n) is 10.5. The topological polar surface area (TPSA) is 8.17 Å². The summed E-state index contributed by atoms with van der Waals surface area (Å²) in [6.07, 6.45) is 0. The average molecular weight is 709 g/mol. The van der Waals surface area contributed by atoms with Gasteiger partial charge < -0.3 is 9.38 Å². The van der Waals surface area contributed by atoms with Crippen LogP contribution < -0.4 is 15.7 Å². The number of benzene rings is 7. The molecule has 266 valence electrons. The maximum atomic E-state index is 2.74. The van der Waals surface area contributed by atoms with Crippen LogP contribution in [0.1, 0.15) is 80.5 Å². The van der Waals surface area contributed by atoms with Crippen molar-refractivity contribution in [2.75, 3.05) is 4.81 Å². The zero-order chi connectivity index (χ0) is 37.6. The SMILES string of the molecule is Cc1cc2c3c(c1)-n1c4ccc(C(C)(C)C)cc4c4cc(C(C)(C)C)cc(c41)B3N1c3ccccc3C(c3ccccc3)(c3ccccc3)c3cccc-2c31. The number of hydrogen-bond acceptors (Lipinski definition) is 1. The highest BCUT2D eigenvalue weighted by molar-refractivity contribution is 6.93. The monoisotopic (exact) mass is 708 g/mol. The largest absolute Gasteiger partial charge is 0.376 e. The molecule has 8 aromatic rings. The van der Waals surface area contributed by atoms with E-state index in [2.05, 4.69) is 203 Å². The summed E-state index contributed by atoms with van der Waals surface area (Å²) in [6, 6.07) is 56.0. The molecule has 0 saturated carbocycles. The van der Waals surface area contributed by atoms with Gasteiger partial charge in [-0.1, -0.05) is 157 Å². The molecule has 0 N–H and O–H groups in total. The number of nitrogens with zero attached hydrogens (tertiary/aromatic N) is 2. The Morgan fingerprint density at radius 3 is 1.85 bits per heavy atom. The number of aryl methyl sites for hydroxylation is 1. The second-order valence-electron chi connectivity index (χ2n) is 18.2. The fraction of sp³-hybridized carbons (Fsp3) is 0.192. The van der Waals surface area contributed by atoms with Crippen molar-refractivity contribution in [3.63, 3.8) is 0 Å². The number of anilines is 2. The second kappa shape index (κ2) is 10.9. The summed E-state index contributed by atoms with van der Waals surface area (Å²) in [4.78, 5) is 2.74. The molecule has 1 aromatic heterocycles. The molecule has 0 amide bonds. The Morgan fingerprint density at radius 1 is 0.527 bits per heavy atom. The number of fused-ring (bicyclic) bond motifs is 9. The van der Waals surface area contributed by atoms with Gasteiger partial charge in [0.2, 0.25) is 0 Å². The van der Waals surface area contributed by atoms with Gasteiger partial charge in [-0.15, -0.1) is 0 Å². The van der Waals surface area contributed by atoms with Crippen molar-refractivity contribution in [3.8, 4) is 16.8 Å². The molecule has 3 aliphatic heterocycles. The quantitative estimate of drug-likeness (QED) is 0.162. The normalized spacial score (nSPS) is 14.9. The molecule has 7 aromatic carbocycles. The zero-order valence-corrected chi connectivity index (χ0v) is 32.8. The smallest absolute Gasteiger partial charge is 0.333 e. The summed E-state index contributed by atoms with van der Waals surface area (Å²) in [5.74, 6) is 0. The molecule has 55 heavy (non-hydrogen) atoms. The van der Waals surface area contributed by atoms with Gasteiger partial charge in [0, 0.05) is 33.4 Å². The number of para-hydroxylation sites is 2. The number of rotatable bonds is 2. The Hall–Kier alpha value is -5.80. The van der Waals surface area contributed by atoms with Gasteiger partial charge in [0.1, 0.15) is 0 Å². The van der Waals surface area contributed by atoms with Crippen LogP contribution in [-0.4, -0.2) is 11.4 Å². The van der Waals surface area contributed by atoms with E-state index in [1.807, 2.05) is 0 Å². The Labute approximate surface area is 325 Å². The lowest BCUT2D eigenvalue weighted by Crippen LogP contribution is -2.62. The molecule has 3 heteroatoms. The molecule has 0 spiro atoms. The Balaban J connectivity index is 1.34. The van der Waals surface area contributed by atoms with Crippen LogP contribution >= 0.6 is 0 Å².